The Morgan fingerprint density at radius 3 is 2.84 bits per heavy atom. The lowest BCUT2D eigenvalue weighted by molar-refractivity contribution is 0.401. The van der Waals surface area contributed by atoms with Crippen molar-refractivity contribution in [2.45, 2.75) is 6.92 Å². The molecule has 0 aliphatic carbocycles. The van der Waals surface area contributed by atoms with Gasteiger partial charge in [-0.05, 0) is 25.1 Å². The zero-order chi connectivity index (χ0) is 17.2. The summed E-state index contributed by atoms with van der Waals surface area (Å²) in [4.78, 5) is 15.1. The van der Waals surface area contributed by atoms with Crippen molar-refractivity contribution in [3.8, 4) is 17.4 Å². The van der Waals surface area contributed by atoms with Crippen LogP contribution in [-0.4, -0.2) is 28.7 Å². The Hall–Kier alpha value is -3.35. The number of aryl methyl sites for hydroxylation is 1. The first kappa shape index (κ1) is 15.2. The number of hydrogen-bond donors (Lipinski definition) is 1. The van der Waals surface area contributed by atoms with Crippen molar-refractivity contribution in [3.63, 3.8) is 0 Å². The Labute approximate surface area is 145 Å². The molecule has 0 fully saturated rings. The third kappa shape index (κ3) is 2.91. The van der Waals surface area contributed by atoms with Gasteiger partial charge < -0.3 is 19.7 Å². The van der Waals surface area contributed by atoms with Crippen LogP contribution in [0.15, 0.2) is 48.9 Å². The Kier molecular flexibility index (Phi) is 3.81. The predicted octanol–water partition coefficient (Wildman–Crippen LogP) is 3.50. The molecular formula is C18H17N5O2. The van der Waals surface area contributed by atoms with Gasteiger partial charge in [-0.25, -0.2) is 9.97 Å². The monoisotopic (exact) mass is 335 g/mol. The fraction of sp³-hybridized carbons (Fsp3) is 0.167. The van der Waals surface area contributed by atoms with Gasteiger partial charge in [0, 0.05) is 18.3 Å². The summed E-state index contributed by atoms with van der Waals surface area (Å²) in [5.41, 5.74) is 2.77. The first-order valence-corrected chi connectivity index (χ1v) is 7.85. The fourth-order valence-electron chi connectivity index (χ4n) is 2.67. The van der Waals surface area contributed by atoms with Gasteiger partial charge >= 0.3 is 0 Å². The molecule has 1 aliphatic heterocycles. The van der Waals surface area contributed by atoms with E-state index in [-0.39, 0.29) is 0 Å². The summed E-state index contributed by atoms with van der Waals surface area (Å²) in [6.07, 6.45) is 5.19. The van der Waals surface area contributed by atoms with Gasteiger partial charge in [-0.2, -0.15) is 0 Å². The molecule has 1 N–H and O–H groups in total. The minimum Gasteiger partial charge on any atom is -0.495 e. The second-order valence-corrected chi connectivity index (χ2v) is 5.55. The lowest BCUT2D eigenvalue weighted by atomic mass is 10.3. The zero-order valence-corrected chi connectivity index (χ0v) is 13.9. The highest BCUT2D eigenvalue weighted by molar-refractivity contribution is 5.77. The molecule has 0 bridgehead atoms. The topological polar surface area (TPSA) is 72.4 Å². The molecule has 0 saturated carbocycles. The number of rotatable bonds is 4. The lowest BCUT2D eigenvalue weighted by Gasteiger charge is -2.16. The molecule has 7 nitrogen and oxygen atoms in total. The van der Waals surface area contributed by atoms with Crippen LogP contribution in [-0.2, 0) is 0 Å². The number of nitrogens with zero attached hydrogens (tertiary/aromatic N) is 4. The minimum atomic E-state index is 0.491. The summed E-state index contributed by atoms with van der Waals surface area (Å²) >= 11 is 0. The van der Waals surface area contributed by atoms with Crippen LogP contribution in [0.2, 0.25) is 0 Å². The van der Waals surface area contributed by atoms with E-state index in [1.165, 1.54) is 0 Å². The number of aromatic nitrogens is 3. The minimum absolute atomic E-state index is 0.491. The molecule has 3 aromatic heterocycles. The Morgan fingerprint density at radius 2 is 2.04 bits per heavy atom. The molecule has 4 heterocycles. The summed E-state index contributed by atoms with van der Waals surface area (Å²) < 4.78 is 11.0. The summed E-state index contributed by atoms with van der Waals surface area (Å²) in [5, 5.41) is 3.30. The van der Waals surface area contributed by atoms with E-state index in [9.17, 15) is 0 Å². The molecule has 0 atom stereocenters. The Bertz CT molecular complexity index is 898. The van der Waals surface area contributed by atoms with Crippen LogP contribution in [0, 0.1) is 6.92 Å². The maximum absolute atomic E-state index is 5.76. The molecule has 0 unspecified atom stereocenters. The highest BCUT2D eigenvalue weighted by Crippen LogP contribution is 2.34. The van der Waals surface area contributed by atoms with Gasteiger partial charge in [-0.15, -0.1) is 0 Å². The first-order chi connectivity index (χ1) is 12.2. The van der Waals surface area contributed by atoms with E-state index in [1.54, 1.807) is 31.8 Å². The third-order valence-corrected chi connectivity index (χ3v) is 3.96. The molecule has 0 spiro atoms. The van der Waals surface area contributed by atoms with Gasteiger partial charge in [-0.1, -0.05) is 0 Å². The third-order valence-electron chi connectivity index (χ3n) is 3.96. The number of pyridine rings is 3. The highest BCUT2D eigenvalue weighted by atomic mass is 16.5. The van der Waals surface area contributed by atoms with E-state index in [0.29, 0.717) is 24.0 Å². The van der Waals surface area contributed by atoms with Crippen LogP contribution >= 0.6 is 0 Å². The van der Waals surface area contributed by atoms with Gasteiger partial charge in [0.25, 0.3) is 0 Å². The Morgan fingerprint density at radius 1 is 1.12 bits per heavy atom. The maximum Gasteiger partial charge on any atom is 0.219 e. The van der Waals surface area contributed by atoms with Crippen LogP contribution in [0.4, 0.5) is 17.2 Å². The smallest absolute Gasteiger partial charge is 0.219 e. The summed E-state index contributed by atoms with van der Waals surface area (Å²) in [6, 6.07) is 9.48. The van der Waals surface area contributed by atoms with Crippen molar-refractivity contribution < 1.29 is 9.47 Å². The molecule has 0 aromatic carbocycles. The van der Waals surface area contributed by atoms with Crippen molar-refractivity contribution in [2.75, 3.05) is 24.0 Å². The van der Waals surface area contributed by atoms with E-state index < -0.39 is 0 Å². The van der Waals surface area contributed by atoms with Crippen LogP contribution in [0.25, 0.3) is 0 Å². The van der Waals surface area contributed by atoms with E-state index in [4.69, 9.17) is 9.47 Å². The number of methoxy groups -OCH3 is 1. The average Bonchev–Trinajstić information content (AvgIpc) is 3.08. The second-order valence-electron chi connectivity index (χ2n) is 5.55. The van der Waals surface area contributed by atoms with Crippen LogP contribution in [0.5, 0.6) is 17.4 Å². The van der Waals surface area contributed by atoms with Crippen molar-refractivity contribution in [2.24, 2.45) is 0 Å². The average molecular weight is 335 g/mol. The van der Waals surface area contributed by atoms with E-state index >= 15 is 0 Å². The molecule has 126 valence electrons. The standard InChI is InChI=1S/C18H17N5O2/c1-12-16(24-2)8-14(10-20-12)25-17-6-5-13(9-21-17)23-11-22-15-4-3-7-19-18(15)23/h3-10,22H,11H2,1-2H3. The largest absolute Gasteiger partial charge is 0.495 e. The number of nitrogens with one attached hydrogen (secondary N) is 1. The van der Waals surface area contributed by atoms with Crippen molar-refractivity contribution in [1.82, 2.24) is 15.0 Å². The van der Waals surface area contributed by atoms with Crippen LogP contribution in [0.3, 0.4) is 0 Å². The molecular weight excluding hydrogens is 318 g/mol. The quantitative estimate of drug-likeness (QED) is 0.782. The highest BCUT2D eigenvalue weighted by Gasteiger charge is 2.21. The van der Waals surface area contributed by atoms with Gasteiger partial charge in [0.15, 0.2) is 11.6 Å². The normalized spacial score (nSPS) is 12.5. The van der Waals surface area contributed by atoms with Gasteiger partial charge in [-0.3, -0.25) is 4.98 Å². The van der Waals surface area contributed by atoms with Crippen molar-refractivity contribution in [1.29, 1.82) is 0 Å². The summed E-state index contributed by atoms with van der Waals surface area (Å²) in [6.45, 7) is 2.54. The summed E-state index contributed by atoms with van der Waals surface area (Å²) in [7, 11) is 1.61. The Balaban J connectivity index is 1.53. The number of fused-ring (bicyclic) bond motifs is 1. The van der Waals surface area contributed by atoms with E-state index in [1.807, 2.05) is 31.2 Å². The SMILES string of the molecule is COc1cc(Oc2ccc(N3CNc4cccnc43)cn2)cnc1C. The lowest BCUT2D eigenvalue weighted by Crippen LogP contribution is -2.17. The number of hydrogen-bond acceptors (Lipinski definition) is 7. The van der Waals surface area contributed by atoms with Gasteiger partial charge in [0.1, 0.15) is 5.75 Å². The summed E-state index contributed by atoms with van der Waals surface area (Å²) in [5.74, 6) is 2.65. The van der Waals surface area contributed by atoms with E-state index in [2.05, 4.69) is 25.2 Å². The van der Waals surface area contributed by atoms with Gasteiger partial charge in [0.2, 0.25) is 5.88 Å². The van der Waals surface area contributed by atoms with Crippen molar-refractivity contribution >= 4 is 17.2 Å². The van der Waals surface area contributed by atoms with Crippen molar-refractivity contribution in [3.05, 3.63) is 54.6 Å². The molecule has 4 rings (SSSR count). The molecule has 25 heavy (non-hydrogen) atoms. The maximum atomic E-state index is 5.76. The second kappa shape index (κ2) is 6.27. The molecule has 0 amide bonds. The number of ether oxygens (including phenoxy) is 2. The number of anilines is 3. The van der Waals surface area contributed by atoms with Crippen LogP contribution in [0.1, 0.15) is 5.69 Å². The molecule has 0 saturated heterocycles. The van der Waals surface area contributed by atoms with Gasteiger partial charge in [0.05, 0.1) is 43.2 Å². The fourth-order valence-corrected chi connectivity index (χ4v) is 2.67. The molecule has 1 aliphatic rings. The molecule has 0 radical (unpaired) electrons. The predicted molar refractivity (Wildman–Crippen MR) is 94.7 cm³/mol. The van der Waals surface area contributed by atoms with E-state index in [0.717, 1.165) is 22.9 Å². The first-order valence-electron chi connectivity index (χ1n) is 7.85. The zero-order valence-electron chi connectivity index (χ0n) is 13.9. The molecule has 7 heteroatoms. The molecule has 3 aromatic rings. The van der Waals surface area contributed by atoms with Crippen LogP contribution < -0.4 is 19.7 Å².